The molecule has 1 aliphatic rings. The average molecular weight is 247 g/mol. The van der Waals surface area contributed by atoms with Gasteiger partial charge in [-0.3, -0.25) is 0 Å². The van der Waals surface area contributed by atoms with Gasteiger partial charge in [0, 0.05) is 12.1 Å². The lowest BCUT2D eigenvalue weighted by Crippen LogP contribution is -2.49. The molecule has 1 aromatic carbocycles. The smallest absolute Gasteiger partial charge is 0.0688 e. The van der Waals surface area contributed by atoms with Crippen LogP contribution >= 0.6 is 0 Å². The summed E-state index contributed by atoms with van der Waals surface area (Å²) in [6, 6.07) is 8.78. The molecule has 100 valence electrons. The number of aryl methyl sites for hydroxylation is 1. The molecule has 0 aromatic heterocycles. The minimum atomic E-state index is -0.337. The third kappa shape index (κ3) is 2.93. The summed E-state index contributed by atoms with van der Waals surface area (Å²) in [5.74, 6) is 0.591. The molecule has 1 aliphatic carbocycles. The minimum Gasteiger partial charge on any atom is -0.392 e. The second-order valence-corrected chi connectivity index (χ2v) is 6.07. The fourth-order valence-corrected chi connectivity index (χ4v) is 2.60. The van der Waals surface area contributed by atoms with Gasteiger partial charge in [0.25, 0.3) is 0 Å². The van der Waals surface area contributed by atoms with Gasteiger partial charge in [-0.05, 0) is 57.1 Å². The number of aliphatic hydroxyl groups excluding tert-OH is 1. The molecule has 0 radical (unpaired) electrons. The second kappa shape index (κ2) is 5.41. The molecule has 0 aliphatic heterocycles. The highest BCUT2D eigenvalue weighted by atomic mass is 16.3. The Morgan fingerprint density at radius 2 is 2.11 bits per heavy atom. The van der Waals surface area contributed by atoms with Crippen molar-refractivity contribution in [2.24, 2.45) is 0 Å². The first-order valence-corrected chi connectivity index (χ1v) is 7.01. The van der Waals surface area contributed by atoms with E-state index in [2.05, 4.69) is 43.4 Å². The summed E-state index contributed by atoms with van der Waals surface area (Å²) >= 11 is 0. The first kappa shape index (κ1) is 13.6. The molecule has 0 fully saturated rings. The summed E-state index contributed by atoms with van der Waals surface area (Å²) in [5.41, 5.74) is 2.79. The first-order chi connectivity index (χ1) is 8.50. The third-order valence-corrected chi connectivity index (χ3v) is 4.34. The van der Waals surface area contributed by atoms with Crippen LogP contribution in [0.5, 0.6) is 0 Å². The molecule has 2 nitrogen and oxygen atoms in total. The molecule has 0 saturated carbocycles. The maximum Gasteiger partial charge on any atom is 0.0688 e. The van der Waals surface area contributed by atoms with Crippen LogP contribution in [0.4, 0.5) is 0 Å². The molecule has 18 heavy (non-hydrogen) atoms. The molecule has 0 bridgehead atoms. The van der Waals surface area contributed by atoms with E-state index in [1.165, 1.54) is 30.4 Å². The number of fused-ring (bicyclic) bond motifs is 1. The van der Waals surface area contributed by atoms with Crippen molar-refractivity contribution in [1.29, 1.82) is 0 Å². The number of aliphatic hydroxyl groups is 1. The third-order valence-electron chi connectivity index (χ3n) is 4.34. The van der Waals surface area contributed by atoms with Crippen molar-refractivity contribution in [3.05, 3.63) is 35.4 Å². The van der Waals surface area contributed by atoms with Crippen LogP contribution in [0.15, 0.2) is 24.3 Å². The van der Waals surface area contributed by atoms with E-state index in [4.69, 9.17) is 0 Å². The Labute approximate surface area is 110 Å². The van der Waals surface area contributed by atoms with Gasteiger partial charge in [0.05, 0.1) is 6.10 Å². The van der Waals surface area contributed by atoms with Gasteiger partial charge in [-0.25, -0.2) is 0 Å². The summed E-state index contributed by atoms with van der Waals surface area (Å²) in [6.45, 7) is 6.93. The van der Waals surface area contributed by atoms with Gasteiger partial charge in [-0.1, -0.05) is 24.3 Å². The van der Waals surface area contributed by atoms with E-state index in [1.807, 2.05) is 6.92 Å². The molecular weight excluding hydrogens is 222 g/mol. The van der Waals surface area contributed by atoms with Crippen molar-refractivity contribution >= 4 is 0 Å². The van der Waals surface area contributed by atoms with Gasteiger partial charge in [0.15, 0.2) is 0 Å². The molecular formula is C16H25NO. The zero-order valence-corrected chi connectivity index (χ0v) is 11.7. The van der Waals surface area contributed by atoms with Gasteiger partial charge in [0.2, 0.25) is 0 Å². The van der Waals surface area contributed by atoms with E-state index >= 15 is 0 Å². The van der Waals surface area contributed by atoms with E-state index in [0.717, 1.165) is 6.54 Å². The summed E-state index contributed by atoms with van der Waals surface area (Å²) in [4.78, 5) is 0. The molecule has 2 heteroatoms. The monoisotopic (exact) mass is 247 g/mol. The minimum absolute atomic E-state index is 0.216. The van der Waals surface area contributed by atoms with E-state index < -0.39 is 0 Å². The van der Waals surface area contributed by atoms with E-state index in [0.29, 0.717) is 5.92 Å². The van der Waals surface area contributed by atoms with Gasteiger partial charge >= 0.3 is 0 Å². The van der Waals surface area contributed by atoms with Crippen LogP contribution in [0.25, 0.3) is 0 Å². The predicted octanol–water partition coefficient (Wildman–Crippen LogP) is 2.86. The SMILES string of the molecule is CC(O)C(C)(C)NCC1CCCc2ccccc21. The molecule has 0 heterocycles. The molecule has 2 atom stereocenters. The fraction of sp³-hybridized carbons (Fsp3) is 0.625. The number of nitrogens with one attached hydrogen (secondary N) is 1. The number of benzene rings is 1. The maximum atomic E-state index is 9.74. The van der Waals surface area contributed by atoms with Crippen LogP contribution in [0.1, 0.15) is 50.7 Å². The highest BCUT2D eigenvalue weighted by molar-refractivity contribution is 5.32. The van der Waals surface area contributed by atoms with E-state index in [-0.39, 0.29) is 11.6 Å². The summed E-state index contributed by atoms with van der Waals surface area (Å²) in [6.07, 6.45) is 3.40. The maximum absolute atomic E-state index is 9.74. The molecule has 0 amide bonds. The Balaban J connectivity index is 2.04. The normalized spacial score (nSPS) is 21.4. The van der Waals surface area contributed by atoms with Crippen molar-refractivity contribution in [2.75, 3.05) is 6.54 Å². The van der Waals surface area contributed by atoms with Gasteiger partial charge < -0.3 is 10.4 Å². The van der Waals surface area contributed by atoms with Crippen LogP contribution in [0.2, 0.25) is 0 Å². The number of rotatable bonds is 4. The van der Waals surface area contributed by atoms with E-state index in [1.54, 1.807) is 0 Å². The van der Waals surface area contributed by atoms with Crippen LogP contribution in [-0.4, -0.2) is 23.3 Å². The largest absolute Gasteiger partial charge is 0.392 e. The van der Waals surface area contributed by atoms with Crippen molar-refractivity contribution in [1.82, 2.24) is 5.32 Å². The number of hydrogen-bond donors (Lipinski definition) is 2. The molecule has 0 saturated heterocycles. The van der Waals surface area contributed by atoms with Crippen molar-refractivity contribution in [2.45, 2.75) is 57.6 Å². The van der Waals surface area contributed by atoms with Crippen molar-refractivity contribution < 1.29 is 5.11 Å². The molecule has 2 unspecified atom stereocenters. The molecule has 2 rings (SSSR count). The molecule has 1 aromatic rings. The van der Waals surface area contributed by atoms with Crippen LogP contribution in [0, 0.1) is 0 Å². The summed E-state index contributed by atoms with van der Waals surface area (Å²) in [5, 5.41) is 13.3. The summed E-state index contributed by atoms with van der Waals surface area (Å²) < 4.78 is 0. The second-order valence-electron chi connectivity index (χ2n) is 6.07. The summed E-state index contributed by atoms with van der Waals surface area (Å²) in [7, 11) is 0. The van der Waals surface area contributed by atoms with Gasteiger partial charge in [-0.2, -0.15) is 0 Å². The zero-order valence-electron chi connectivity index (χ0n) is 11.7. The quantitative estimate of drug-likeness (QED) is 0.857. The standard InChI is InChI=1S/C16H25NO/c1-12(18)16(2,3)17-11-14-9-6-8-13-7-4-5-10-15(13)14/h4-5,7,10,12,14,17-18H,6,8-9,11H2,1-3H3. The Kier molecular flexibility index (Phi) is 4.08. The average Bonchev–Trinajstić information content (AvgIpc) is 2.36. The lowest BCUT2D eigenvalue weighted by atomic mass is 9.82. The number of hydrogen-bond acceptors (Lipinski definition) is 2. The van der Waals surface area contributed by atoms with Gasteiger partial charge in [0.1, 0.15) is 0 Å². The lowest BCUT2D eigenvalue weighted by Gasteiger charge is -2.33. The van der Waals surface area contributed by atoms with E-state index in [9.17, 15) is 5.11 Å². The fourth-order valence-electron chi connectivity index (χ4n) is 2.60. The first-order valence-electron chi connectivity index (χ1n) is 7.01. The highest BCUT2D eigenvalue weighted by Gasteiger charge is 2.26. The highest BCUT2D eigenvalue weighted by Crippen LogP contribution is 2.31. The van der Waals surface area contributed by atoms with Gasteiger partial charge in [-0.15, -0.1) is 0 Å². The van der Waals surface area contributed by atoms with Crippen molar-refractivity contribution in [3.8, 4) is 0 Å². The Bertz CT molecular complexity index is 398. The molecule has 2 N–H and O–H groups in total. The van der Waals surface area contributed by atoms with Crippen LogP contribution in [0.3, 0.4) is 0 Å². The Hall–Kier alpha value is -0.860. The Morgan fingerprint density at radius 1 is 1.39 bits per heavy atom. The molecule has 0 spiro atoms. The van der Waals surface area contributed by atoms with Crippen LogP contribution in [-0.2, 0) is 6.42 Å². The lowest BCUT2D eigenvalue weighted by molar-refractivity contribution is 0.0952. The van der Waals surface area contributed by atoms with Crippen molar-refractivity contribution in [3.63, 3.8) is 0 Å². The Morgan fingerprint density at radius 3 is 2.83 bits per heavy atom. The van der Waals surface area contributed by atoms with Crippen LogP contribution < -0.4 is 5.32 Å². The zero-order chi connectivity index (χ0) is 13.2. The topological polar surface area (TPSA) is 32.3 Å². The predicted molar refractivity (Wildman–Crippen MR) is 75.9 cm³/mol.